The van der Waals surface area contributed by atoms with E-state index in [9.17, 15) is 8.78 Å². The molecule has 1 aromatic rings. The van der Waals surface area contributed by atoms with Gasteiger partial charge in [-0.15, -0.1) is 0 Å². The van der Waals surface area contributed by atoms with Gasteiger partial charge in [0.25, 0.3) is 6.43 Å². The highest BCUT2D eigenvalue weighted by Crippen LogP contribution is 2.29. The first kappa shape index (κ1) is 12.5. The van der Waals surface area contributed by atoms with Crippen molar-refractivity contribution in [3.05, 3.63) is 35.4 Å². The van der Waals surface area contributed by atoms with Gasteiger partial charge in [-0.2, -0.15) is 0 Å². The van der Waals surface area contributed by atoms with Crippen molar-refractivity contribution in [2.75, 3.05) is 0 Å². The summed E-state index contributed by atoms with van der Waals surface area (Å²) in [5, 5.41) is 3.46. The Morgan fingerprint density at radius 3 is 2.35 bits per heavy atom. The zero-order chi connectivity index (χ0) is 12.3. The SMILES string of the molecule is CC(NCc1ccc(C(F)F)cc1)C1CCC1. The lowest BCUT2D eigenvalue weighted by atomic mass is 9.80. The van der Waals surface area contributed by atoms with Crippen LogP contribution >= 0.6 is 0 Å². The third-order valence-corrected chi connectivity index (χ3v) is 3.72. The molecule has 1 nitrogen and oxygen atoms in total. The lowest BCUT2D eigenvalue weighted by molar-refractivity contribution is 0.151. The summed E-state index contributed by atoms with van der Waals surface area (Å²) >= 11 is 0. The molecule has 94 valence electrons. The largest absolute Gasteiger partial charge is 0.310 e. The molecule has 0 bridgehead atoms. The summed E-state index contributed by atoms with van der Waals surface area (Å²) in [6.45, 7) is 2.97. The predicted molar refractivity (Wildman–Crippen MR) is 65.0 cm³/mol. The minimum absolute atomic E-state index is 0.0980. The van der Waals surface area contributed by atoms with Crippen LogP contribution in [0, 0.1) is 5.92 Å². The van der Waals surface area contributed by atoms with E-state index in [1.165, 1.54) is 31.4 Å². The Morgan fingerprint density at radius 2 is 1.88 bits per heavy atom. The highest BCUT2D eigenvalue weighted by atomic mass is 19.3. The molecule has 1 aromatic carbocycles. The van der Waals surface area contributed by atoms with E-state index in [1.807, 2.05) is 0 Å². The van der Waals surface area contributed by atoms with Gasteiger partial charge in [0.2, 0.25) is 0 Å². The van der Waals surface area contributed by atoms with Gasteiger partial charge in [-0.1, -0.05) is 30.7 Å². The Morgan fingerprint density at radius 1 is 1.24 bits per heavy atom. The van der Waals surface area contributed by atoms with Crippen LogP contribution in [0.5, 0.6) is 0 Å². The van der Waals surface area contributed by atoms with Crippen molar-refractivity contribution in [3.8, 4) is 0 Å². The highest BCUT2D eigenvalue weighted by molar-refractivity contribution is 5.23. The predicted octanol–water partition coefficient (Wildman–Crippen LogP) is 3.90. The first-order chi connectivity index (χ1) is 8.16. The molecule has 0 aliphatic heterocycles. The molecule has 0 radical (unpaired) electrons. The molecule has 0 heterocycles. The van der Waals surface area contributed by atoms with E-state index < -0.39 is 6.43 Å². The van der Waals surface area contributed by atoms with Crippen molar-refractivity contribution in [2.45, 2.75) is 45.2 Å². The fourth-order valence-electron chi connectivity index (χ4n) is 2.17. The molecule has 1 aliphatic rings. The number of benzene rings is 1. The zero-order valence-corrected chi connectivity index (χ0v) is 10.1. The summed E-state index contributed by atoms with van der Waals surface area (Å²) in [6.07, 6.45) is 1.61. The lowest BCUT2D eigenvalue weighted by Gasteiger charge is -2.32. The van der Waals surface area contributed by atoms with Crippen molar-refractivity contribution >= 4 is 0 Å². The number of hydrogen-bond donors (Lipinski definition) is 1. The van der Waals surface area contributed by atoms with Crippen LogP contribution in [0.15, 0.2) is 24.3 Å². The second-order valence-electron chi connectivity index (χ2n) is 4.90. The summed E-state index contributed by atoms with van der Waals surface area (Å²) in [6, 6.07) is 7.11. The molecule has 1 saturated carbocycles. The normalized spacial score (nSPS) is 18.1. The van der Waals surface area contributed by atoms with Crippen LogP contribution in [0.3, 0.4) is 0 Å². The van der Waals surface area contributed by atoms with E-state index in [0.717, 1.165) is 18.0 Å². The van der Waals surface area contributed by atoms with E-state index in [4.69, 9.17) is 0 Å². The molecule has 0 saturated heterocycles. The molecular weight excluding hydrogens is 220 g/mol. The van der Waals surface area contributed by atoms with Crippen LogP contribution in [0.2, 0.25) is 0 Å². The van der Waals surface area contributed by atoms with Crippen LogP contribution in [0.25, 0.3) is 0 Å². The molecule has 0 spiro atoms. The lowest BCUT2D eigenvalue weighted by Crippen LogP contribution is -2.36. The average Bonchev–Trinajstić information content (AvgIpc) is 2.24. The van der Waals surface area contributed by atoms with Crippen LogP contribution < -0.4 is 5.32 Å². The molecule has 0 aromatic heterocycles. The summed E-state index contributed by atoms with van der Waals surface area (Å²) in [4.78, 5) is 0. The third kappa shape index (κ3) is 3.25. The van der Waals surface area contributed by atoms with Gasteiger partial charge >= 0.3 is 0 Å². The van der Waals surface area contributed by atoms with Gasteiger partial charge in [0, 0.05) is 18.2 Å². The molecule has 0 amide bonds. The zero-order valence-electron chi connectivity index (χ0n) is 10.1. The molecule has 3 heteroatoms. The molecule has 1 N–H and O–H groups in total. The molecular formula is C14H19F2N. The second-order valence-corrected chi connectivity index (χ2v) is 4.90. The topological polar surface area (TPSA) is 12.0 Å². The standard InChI is InChI=1S/C14H19F2N/c1-10(12-3-2-4-12)17-9-11-5-7-13(8-6-11)14(15)16/h5-8,10,12,14,17H,2-4,9H2,1H3. The molecule has 1 atom stereocenters. The van der Waals surface area contributed by atoms with Gasteiger partial charge in [-0.05, 0) is 31.2 Å². The minimum Gasteiger partial charge on any atom is -0.310 e. The number of alkyl halides is 2. The van der Waals surface area contributed by atoms with Crippen molar-refractivity contribution in [1.29, 1.82) is 0 Å². The maximum atomic E-state index is 12.4. The summed E-state index contributed by atoms with van der Waals surface area (Å²) < 4.78 is 24.7. The maximum absolute atomic E-state index is 12.4. The Labute approximate surface area is 101 Å². The number of rotatable bonds is 5. The van der Waals surface area contributed by atoms with Crippen LogP contribution in [0.4, 0.5) is 8.78 Å². The van der Waals surface area contributed by atoms with E-state index in [-0.39, 0.29) is 5.56 Å². The maximum Gasteiger partial charge on any atom is 0.263 e. The van der Waals surface area contributed by atoms with Gasteiger partial charge in [-0.25, -0.2) is 8.78 Å². The van der Waals surface area contributed by atoms with Gasteiger partial charge in [0.05, 0.1) is 0 Å². The number of hydrogen-bond acceptors (Lipinski definition) is 1. The smallest absolute Gasteiger partial charge is 0.263 e. The van der Waals surface area contributed by atoms with Crippen molar-refractivity contribution < 1.29 is 8.78 Å². The minimum atomic E-state index is -2.37. The Bertz CT molecular complexity index is 344. The highest BCUT2D eigenvalue weighted by Gasteiger charge is 2.23. The van der Waals surface area contributed by atoms with Gasteiger partial charge in [-0.3, -0.25) is 0 Å². The second kappa shape index (κ2) is 5.58. The van der Waals surface area contributed by atoms with E-state index >= 15 is 0 Å². The van der Waals surface area contributed by atoms with Gasteiger partial charge in [0.1, 0.15) is 0 Å². The summed E-state index contributed by atoms with van der Waals surface area (Å²) in [5.41, 5.74) is 1.17. The van der Waals surface area contributed by atoms with Crippen LogP contribution in [-0.4, -0.2) is 6.04 Å². The molecule has 2 rings (SSSR count). The molecule has 1 fully saturated rings. The van der Waals surface area contributed by atoms with E-state index in [1.54, 1.807) is 12.1 Å². The monoisotopic (exact) mass is 239 g/mol. The van der Waals surface area contributed by atoms with Gasteiger partial charge < -0.3 is 5.32 Å². The molecule has 1 unspecified atom stereocenters. The van der Waals surface area contributed by atoms with E-state index in [2.05, 4.69) is 12.2 Å². The Hall–Kier alpha value is -0.960. The average molecular weight is 239 g/mol. The van der Waals surface area contributed by atoms with Crippen molar-refractivity contribution in [3.63, 3.8) is 0 Å². The summed E-state index contributed by atoms with van der Waals surface area (Å²) in [7, 11) is 0. The van der Waals surface area contributed by atoms with E-state index in [0.29, 0.717) is 6.04 Å². The first-order valence-electron chi connectivity index (χ1n) is 6.27. The van der Waals surface area contributed by atoms with Crippen LogP contribution in [0.1, 0.15) is 43.7 Å². The third-order valence-electron chi connectivity index (χ3n) is 3.72. The summed E-state index contributed by atoms with van der Waals surface area (Å²) in [5.74, 6) is 0.801. The molecule has 17 heavy (non-hydrogen) atoms. The fraction of sp³-hybridized carbons (Fsp3) is 0.571. The van der Waals surface area contributed by atoms with Crippen LogP contribution in [-0.2, 0) is 6.54 Å². The number of halogens is 2. The van der Waals surface area contributed by atoms with Crippen molar-refractivity contribution in [2.24, 2.45) is 5.92 Å². The van der Waals surface area contributed by atoms with Gasteiger partial charge in [0.15, 0.2) is 0 Å². The Balaban J connectivity index is 1.82. The molecule has 1 aliphatic carbocycles. The quantitative estimate of drug-likeness (QED) is 0.821. The Kier molecular flexibility index (Phi) is 4.11. The fourth-order valence-corrected chi connectivity index (χ4v) is 2.17. The number of nitrogens with one attached hydrogen (secondary N) is 1. The van der Waals surface area contributed by atoms with Crippen molar-refractivity contribution in [1.82, 2.24) is 5.32 Å². The first-order valence-corrected chi connectivity index (χ1v) is 6.27.